The Morgan fingerprint density at radius 3 is 2.05 bits per heavy atom. The van der Waals surface area contributed by atoms with Crippen LogP contribution in [0.15, 0.2) is 89.5 Å². The summed E-state index contributed by atoms with van der Waals surface area (Å²) >= 11 is 0. The standard InChI is InChI=1S/C29H25N3O7/c1-2-36-17-16-29(26(33)30-28(35)31-27(29)34)38-23-14-12-22(13-15-23)37-21-10-8-20(9-11-21)25-18-24(32-39-25)19-6-4-3-5-7-19/h3-15,18H,2,16-17H2,1H3,(H2,30,31,33,34,35). The summed E-state index contributed by atoms with van der Waals surface area (Å²) in [6.07, 6.45) is -0.0750. The second kappa shape index (κ2) is 11.2. The van der Waals surface area contributed by atoms with Gasteiger partial charge >= 0.3 is 6.03 Å². The molecule has 2 N–H and O–H groups in total. The Morgan fingerprint density at radius 1 is 0.795 bits per heavy atom. The van der Waals surface area contributed by atoms with E-state index in [9.17, 15) is 14.4 Å². The molecule has 5 rings (SSSR count). The summed E-state index contributed by atoms with van der Waals surface area (Å²) in [7, 11) is 0. The summed E-state index contributed by atoms with van der Waals surface area (Å²) in [4.78, 5) is 36.8. The summed E-state index contributed by atoms with van der Waals surface area (Å²) in [6.45, 7) is 2.28. The smallest absolute Gasteiger partial charge is 0.328 e. The van der Waals surface area contributed by atoms with E-state index < -0.39 is 23.4 Å². The molecule has 1 aromatic heterocycles. The van der Waals surface area contributed by atoms with Gasteiger partial charge in [0, 0.05) is 30.2 Å². The van der Waals surface area contributed by atoms with Crippen molar-refractivity contribution < 1.29 is 33.1 Å². The number of imide groups is 2. The fourth-order valence-corrected chi connectivity index (χ4v) is 4.03. The lowest BCUT2D eigenvalue weighted by Crippen LogP contribution is -2.69. The number of urea groups is 1. The first kappa shape index (κ1) is 25.7. The normalized spacial score (nSPS) is 14.4. The number of barbiturate groups is 1. The predicted octanol–water partition coefficient (Wildman–Crippen LogP) is 4.71. The van der Waals surface area contributed by atoms with Crippen LogP contribution in [0.3, 0.4) is 0 Å². The number of aromatic nitrogens is 1. The van der Waals surface area contributed by atoms with Crippen molar-refractivity contribution in [1.29, 1.82) is 0 Å². The zero-order chi connectivity index (χ0) is 27.2. The minimum atomic E-state index is -1.94. The molecule has 39 heavy (non-hydrogen) atoms. The SMILES string of the molecule is CCOCCC1(Oc2ccc(Oc3ccc(-c4cc(-c5ccccc5)no4)cc3)cc2)C(=O)NC(=O)NC1=O. The molecular weight excluding hydrogens is 502 g/mol. The van der Waals surface area contributed by atoms with Crippen molar-refractivity contribution in [2.75, 3.05) is 13.2 Å². The van der Waals surface area contributed by atoms with E-state index in [1.807, 2.05) is 48.5 Å². The summed E-state index contributed by atoms with van der Waals surface area (Å²) in [5.41, 5.74) is 0.629. The number of benzene rings is 3. The maximum absolute atomic E-state index is 12.6. The van der Waals surface area contributed by atoms with Gasteiger partial charge in [-0.2, -0.15) is 0 Å². The third-order valence-electron chi connectivity index (χ3n) is 6.06. The number of hydrogen-bond donors (Lipinski definition) is 2. The predicted molar refractivity (Wildman–Crippen MR) is 140 cm³/mol. The first-order valence-corrected chi connectivity index (χ1v) is 12.3. The number of amides is 4. The van der Waals surface area contributed by atoms with Crippen molar-refractivity contribution in [3.63, 3.8) is 0 Å². The van der Waals surface area contributed by atoms with Gasteiger partial charge in [0.1, 0.15) is 22.9 Å². The summed E-state index contributed by atoms with van der Waals surface area (Å²) in [5.74, 6) is 0.286. The molecule has 4 aromatic rings. The highest BCUT2D eigenvalue weighted by Gasteiger charge is 2.52. The molecule has 1 aliphatic rings. The van der Waals surface area contributed by atoms with Gasteiger partial charge in [-0.05, 0) is 55.5 Å². The van der Waals surface area contributed by atoms with E-state index in [-0.39, 0.29) is 18.8 Å². The van der Waals surface area contributed by atoms with Gasteiger partial charge in [0.15, 0.2) is 5.76 Å². The van der Waals surface area contributed by atoms with Crippen LogP contribution in [-0.2, 0) is 14.3 Å². The van der Waals surface area contributed by atoms with Crippen LogP contribution in [0.2, 0.25) is 0 Å². The fraction of sp³-hybridized carbons (Fsp3) is 0.172. The fourth-order valence-electron chi connectivity index (χ4n) is 4.03. The van der Waals surface area contributed by atoms with Crippen LogP contribution in [0.1, 0.15) is 13.3 Å². The highest BCUT2D eigenvalue weighted by molar-refractivity contribution is 6.21. The Kier molecular flexibility index (Phi) is 7.37. The molecule has 0 radical (unpaired) electrons. The highest BCUT2D eigenvalue weighted by atomic mass is 16.5. The van der Waals surface area contributed by atoms with Gasteiger partial charge in [0.2, 0.25) is 0 Å². The lowest BCUT2D eigenvalue weighted by Gasteiger charge is -2.34. The summed E-state index contributed by atoms with van der Waals surface area (Å²) in [6, 6.07) is 24.5. The zero-order valence-electron chi connectivity index (χ0n) is 21.0. The number of ether oxygens (including phenoxy) is 3. The lowest BCUT2D eigenvalue weighted by molar-refractivity contribution is -0.153. The van der Waals surface area contributed by atoms with Crippen LogP contribution in [0.25, 0.3) is 22.6 Å². The van der Waals surface area contributed by atoms with Crippen LogP contribution < -0.4 is 20.1 Å². The van der Waals surface area contributed by atoms with E-state index in [2.05, 4.69) is 15.8 Å². The van der Waals surface area contributed by atoms with Crippen molar-refractivity contribution in [2.24, 2.45) is 0 Å². The van der Waals surface area contributed by atoms with Crippen LogP contribution in [0.4, 0.5) is 4.79 Å². The minimum Gasteiger partial charge on any atom is -0.467 e. The average Bonchev–Trinajstić information content (AvgIpc) is 3.44. The Hall–Kier alpha value is -4.96. The molecule has 0 spiro atoms. The van der Waals surface area contributed by atoms with E-state index in [1.165, 1.54) is 0 Å². The van der Waals surface area contributed by atoms with Gasteiger partial charge in [0.25, 0.3) is 17.4 Å². The van der Waals surface area contributed by atoms with E-state index >= 15 is 0 Å². The van der Waals surface area contributed by atoms with Crippen LogP contribution in [0.5, 0.6) is 17.2 Å². The Bertz CT molecular complexity index is 1450. The van der Waals surface area contributed by atoms with E-state index in [0.29, 0.717) is 23.9 Å². The van der Waals surface area contributed by atoms with Crippen molar-refractivity contribution in [3.8, 4) is 39.8 Å². The molecule has 0 unspecified atom stereocenters. The lowest BCUT2D eigenvalue weighted by atomic mass is 9.95. The summed E-state index contributed by atoms with van der Waals surface area (Å²) < 4.78 is 22.6. The molecule has 4 amide bonds. The van der Waals surface area contributed by atoms with Crippen LogP contribution >= 0.6 is 0 Å². The molecule has 0 bridgehead atoms. The second-order valence-corrected chi connectivity index (χ2v) is 8.65. The van der Waals surface area contributed by atoms with Crippen LogP contribution in [-0.4, -0.2) is 41.8 Å². The molecule has 10 nitrogen and oxygen atoms in total. The zero-order valence-corrected chi connectivity index (χ0v) is 21.0. The van der Waals surface area contributed by atoms with Crippen molar-refractivity contribution in [2.45, 2.75) is 18.9 Å². The highest BCUT2D eigenvalue weighted by Crippen LogP contribution is 2.31. The molecule has 1 saturated heterocycles. The first-order chi connectivity index (χ1) is 19.0. The van der Waals surface area contributed by atoms with Crippen molar-refractivity contribution in [3.05, 3.63) is 84.9 Å². The minimum absolute atomic E-state index is 0.0750. The van der Waals surface area contributed by atoms with E-state index in [0.717, 1.165) is 16.8 Å². The van der Waals surface area contributed by atoms with E-state index in [4.69, 9.17) is 18.7 Å². The largest absolute Gasteiger partial charge is 0.467 e. The van der Waals surface area contributed by atoms with Gasteiger partial charge in [-0.25, -0.2) is 4.79 Å². The molecule has 0 atom stereocenters. The Balaban J connectivity index is 1.25. The van der Waals surface area contributed by atoms with Gasteiger partial charge in [-0.3, -0.25) is 20.2 Å². The number of hydrogen-bond acceptors (Lipinski definition) is 8. The second-order valence-electron chi connectivity index (χ2n) is 8.65. The quantitative estimate of drug-likeness (QED) is 0.224. The molecular formula is C29H25N3O7. The molecule has 0 aliphatic carbocycles. The molecule has 198 valence electrons. The Morgan fingerprint density at radius 2 is 1.41 bits per heavy atom. The maximum atomic E-state index is 12.6. The maximum Gasteiger partial charge on any atom is 0.328 e. The monoisotopic (exact) mass is 527 g/mol. The first-order valence-electron chi connectivity index (χ1n) is 12.3. The number of rotatable bonds is 10. The number of carbonyl (C=O) groups excluding carboxylic acids is 3. The topological polar surface area (TPSA) is 129 Å². The van der Waals surface area contributed by atoms with Crippen LogP contribution in [0, 0.1) is 0 Å². The third-order valence-corrected chi connectivity index (χ3v) is 6.06. The molecule has 3 aromatic carbocycles. The Labute approximate surface area is 223 Å². The summed E-state index contributed by atoms with van der Waals surface area (Å²) in [5, 5.41) is 8.33. The van der Waals surface area contributed by atoms with Crippen molar-refractivity contribution in [1.82, 2.24) is 15.8 Å². The molecule has 1 aliphatic heterocycles. The van der Waals surface area contributed by atoms with Gasteiger partial charge in [-0.1, -0.05) is 35.5 Å². The molecule has 0 saturated carbocycles. The molecule has 1 fully saturated rings. The van der Waals surface area contributed by atoms with E-state index in [1.54, 1.807) is 43.3 Å². The number of carbonyl (C=O) groups is 3. The van der Waals surface area contributed by atoms with Gasteiger partial charge < -0.3 is 18.7 Å². The molecule has 2 heterocycles. The van der Waals surface area contributed by atoms with Gasteiger partial charge in [0.05, 0.1) is 6.61 Å². The third kappa shape index (κ3) is 5.65. The van der Waals surface area contributed by atoms with Gasteiger partial charge in [-0.15, -0.1) is 0 Å². The number of nitrogens with zero attached hydrogens (tertiary/aromatic N) is 1. The number of nitrogens with one attached hydrogen (secondary N) is 2. The average molecular weight is 528 g/mol. The van der Waals surface area contributed by atoms with Crippen molar-refractivity contribution >= 4 is 17.8 Å². The molecule has 10 heteroatoms.